The summed E-state index contributed by atoms with van der Waals surface area (Å²) in [6, 6.07) is 8.33. The number of nitrogens with zero attached hydrogens (tertiary/aromatic N) is 2. The second-order valence-electron chi connectivity index (χ2n) is 9.93. The number of halogens is 1. The molecule has 186 valence electrons. The molecule has 2 bridgehead atoms. The van der Waals surface area contributed by atoms with Gasteiger partial charge in [0.05, 0.1) is 35.5 Å². The third-order valence-corrected chi connectivity index (χ3v) is 7.83. The number of carbonyl (C=O) groups excluding carboxylic acids is 3. The van der Waals surface area contributed by atoms with Crippen LogP contribution in [-0.4, -0.2) is 46.5 Å². The van der Waals surface area contributed by atoms with E-state index in [9.17, 15) is 18.8 Å². The van der Waals surface area contributed by atoms with E-state index in [2.05, 4.69) is 15.6 Å². The molecule has 36 heavy (non-hydrogen) atoms. The fourth-order valence-electron chi connectivity index (χ4n) is 6.25. The fraction of sp³-hybridized carbons (Fsp3) is 0.407. The molecule has 2 N–H and O–H groups in total. The number of hydrogen-bond donors (Lipinski definition) is 2. The number of fused-ring (bicyclic) bond motifs is 1. The molecule has 2 saturated heterocycles. The lowest BCUT2D eigenvalue weighted by molar-refractivity contribution is -0.129. The lowest BCUT2D eigenvalue weighted by atomic mass is 9.74. The van der Waals surface area contributed by atoms with E-state index in [0.29, 0.717) is 5.69 Å². The van der Waals surface area contributed by atoms with Gasteiger partial charge in [-0.1, -0.05) is 43.5 Å². The number of benzene rings is 1. The van der Waals surface area contributed by atoms with Crippen molar-refractivity contribution in [2.75, 3.05) is 10.2 Å². The van der Waals surface area contributed by atoms with Crippen LogP contribution in [-0.2, 0) is 19.1 Å². The number of amides is 3. The van der Waals surface area contributed by atoms with Gasteiger partial charge in [0.2, 0.25) is 17.7 Å². The molecule has 3 aliphatic heterocycles. The van der Waals surface area contributed by atoms with Crippen LogP contribution in [0.3, 0.4) is 0 Å². The number of para-hydroxylation sites is 1. The number of nitrogens with one attached hydrogen (secondary N) is 2. The molecule has 1 saturated carbocycles. The SMILES string of the molecule is O=C(Nc1ccccc1F)[C@H]1[C@H]2C(=O)N(c3cccnc3)[C@H](C(=O)NC3CCCCC3)[C@@]23C=C[C@H]1O3. The van der Waals surface area contributed by atoms with E-state index < -0.39 is 41.3 Å². The third-order valence-electron chi connectivity index (χ3n) is 7.83. The number of aromatic nitrogens is 1. The topological polar surface area (TPSA) is 101 Å². The Morgan fingerprint density at radius 1 is 1.08 bits per heavy atom. The predicted octanol–water partition coefficient (Wildman–Crippen LogP) is 2.96. The van der Waals surface area contributed by atoms with E-state index >= 15 is 0 Å². The number of anilines is 2. The van der Waals surface area contributed by atoms with Crippen LogP contribution in [0.5, 0.6) is 0 Å². The van der Waals surface area contributed by atoms with Gasteiger partial charge in [-0.05, 0) is 37.1 Å². The highest BCUT2D eigenvalue weighted by Crippen LogP contribution is 2.56. The van der Waals surface area contributed by atoms with Crippen molar-refractivity contribution in [3.63, 3.8) is 0 Å². The third kappa shape index (κ3) is 3.52. The summed E-state index contributed by atoms with van der Waals surface area (Å²) in [5.41, 5.74) is -0.804. The van der Waals surface area contributed by atoms with Gasteiger partial charge in [0.15, 0.2) is 0 Å². The van der Waals surface area contributed by atoms with Crippen LogP contribution in [0.15, 0.2) is 60.9 Å². The highest BCUT2D eigenvalue weighted by atomic mass is 19.1. The Hall–Kier alpha value is -3.59. The molecule has 1 spiro atoms. The molecule has 3 amide bonds. The zero-order chi connectivity index (χ0) is 24.9. The molecule has 0 radical (unpaired) electrons. The molecule has 5 atom stereocenters. The molecule has 4 heterocycles. The molecule has 1 aromatic heterocycles. The highest BCUT2D eigenvalue weighted by Gasteiger charge is 2.73. The van der Waals surface area contributed by atoms with Gasteiger partial charge in [-0.15, -0.1) is 0 Å². The second-order valence-corrected chi connectivity index (χ2v) is 9.93. The smallest absolute Gasteiger partial charge is 0.246 e. The molecule has 8 nitrogen and oxygen atoms in total. The number of ether oxygens (including phenoxy) is 1. The molecule has 4 aliphatic rings. The average Bonchev–Trinajstić information content (AvgIpc) is 3.54. The van der Waals surface area contributed by atoms with Gasteiger partial charge >= 0.3 is 0 Å². The Kier molecular flexibility index (Phi) is 5.59. The maximum atomic E-state index is 14.2. The Bertz CT molecular complexity index is 1230. The van der Waals surface area contributed by atoms with E-state index in [1.165, 1.54) is 29.3 Å². The van der Waals surface area contributed by atoms with Crippen LogP contribution in [0.25, 0.3) is 0 Å². The Morgan fingerprint density at radius 2 is 1.89 bits per heavy atom. The van der Waals surface area contributed by atoms with E-state index in [-0.39, 0.29) is 23.5 Å². The van der Waals surface area contributed by atoms with Gasteiger partial charge in [0.25, 0.3) is 0 Å². The van der Waals surface area contributed by atoms with Crippen molar-refractivity contribution in [1.82, 2.24) is 10.3 Å². The first kappa shape index (κ1) is 22.8. The average molecular weight is 491 g/mol. The van der Waals surface area contributed by atoms with Crippen LogP contribution in [0, 0.1) is 17.7 Å². The van der Waals surface area contributed by atoms with Crippen LogP contribution in [0.4, 0.5) is 15.8 Å². The first-order valence-corrected chi connectivity index (χ1v) is 12.5. The monoisotopic (exact) mass is 490 g/mol. The van der Waals surface area contributed by atoms with Crippen molar-refractivity contribution in [1.29, 1.82) is 0 Å². The minimum Gasteiger partial charge on any atom is -0.359 e. The maximum Gasteiger partial charge on any atom is 0.246 e. The van der Waals surface area contributed by atoms with Gasteiger partial charge in [0, 0.05) is 12.2 Å². The number of hydrogen-bond acceptors (Lipinski definition) is 5. The molecule has 0 unspecified atom stereocenters. The largest absolute Gasteiger partial charge is 0.359 e. The van der Waals surface area contributed by atoms with Gasteiger partial charge in [-0.3, -0.25) is 24.3 Å². The Labute approximate surface area is 207 Å². The summed E-state index contributed by atoms with van der Waals surface area (Å²) in [5.74, 6) is -3.61. The molecule has 3 fully saturated rings. The van der Waals surface area contributed by atoms with Crippen molar-refractivity contribution in [2.45, 2.75) is 55.9 Å². The van der Waals surface area contributed by atoms with E-state index in [1.807, 2.05) is 0 Å². The summed E-state index contributed by atoms with van der Waals surface area (Å²) < 4.78 is 20.6. The number of rotatable bonds is 5. The van der Waals surface area contributed by atoms with Gasteiger partial charge < -0.3 is 15.4 Å². The summed E-state index contributed by atoms with van der Waals surface area (Å²) in [6.45, 7) is 0. The summed E-state index contributed by atoms with van der Waals surface area (Å²) >= 11 is 0. The van der Waals surface area contributed by atoms with Crippen molar-refractivity contribution in [3.8, 4) is 0 Å². The Balaban J connectivity index is 1.36. The van der Waals surface area contributed by atoms with Crippen molar-refractivity contribution >= 4 is 29.1 Å². The summed E-state index contributed by atoms with van der Waals surface area (Å²) in [5, 5.41) is 5.77. The number of carbonyl (C=O) groups is 3. The molecule has 6 rings (SSSR count). The molecular formula is C27H27FN4O4. The first-order valence-electron chi connectivity index (χ1n) is 12.5. The lowest BCUT2D eigenvalue weighted by Crippen LogP contribution is -2.56. The summed E-state index contributed by atoms with van der Waals surface area (Å²) in [6.07, 6.45) is 11.0. The molecule has 1 aliphatic carbocycles. The molecule has 1 aromatic carbocycles. The highest BCUT2D eigenvalue weighted by molar-refractivity contribution is 6.11. The first-order chi connectivity index (χ1) is 17.5. The van der Waals surface area contributed by atoms with Crippen molar-refractivity contribution in [2.24, 2.45) is 11.8 Å². The van der Waals surface area contributed by atoms with Crippen molar-refractivity contribution < 1.29 is 23.5 Å². The van der Waals surface area contributed by atoms with E-state index in [0.717, 1.165) is 32.1 Å². The van der Waals surface area contributed by atoms with Gasteiger partial charge in [-0.2, -0.15) is 0 Å². The van der Waals surface area contributed by atoms with Crippen LogP contribution >= 0.6 is 0 Å². The molecule has 9 heteroatoms. The van der Waals surface area contributed by atoms with Crippen LogP contribution in [0.1, 0.15) is 32.1 Å². The van der Waals surface area contributed by atoms with Gasteiger partial charge in [-0.25, -0.2) is 4.39 Å². The lowest BCUT2D eigenvalue weighted by Gasteiger charge is -2.34. The van der Waals surface area contributed by atoms with Crippen LogP contribution < -0.4 is 15.5 Å². The van der Waals surface area contributed by atoms with E-state index in [1.54, 1.807) is 36.5 Å². The fourth-order valence-corrected chi connectivity index (χ4v) is 6.25. The quantitative estimate of drug-likeness (QED) is 0.628. The van der Waals surface area contributed by atoms with Crippen molar-refractivity contribution in [3.05, 3.63) is 66.8 Å². The van der Waals surface area contributed by atoms with Crippen LogP contribution in [0.2, 0.25) is 0 Å². The number of pyridine rings is 1. The standard InChI is InChI=1S/C27H27FN4O4/c28-18-10-4-5-11-19(18)31-24(33)21-20-12-13-27(36-20)22(21)26(35)32(17-9-6-14-29-15-17)23(27)25(34)30-16-7-2-1-3-8-16/h4-6,9-16,20-23H,1-3,7-8H2,(H,30,34)(H,31,33)/t20-,21-,22+,23-,27-/m1/s1. The maximum absolute atomic E-state index is 14.2. The van der Waals surface area contributed by atoms with E-state index in [4.69, 9.17) is 4.74 Å². The minimum absolute atomic E-state index is 0.0319. The second kappa shape index (κ2) is 8.81. The summed E-state index contributed by atoms with van der Waals surface area (Å²) in [4.78, 5) is 46.7. The Morgan fingerprint density at radius 3 is 2.64 bits per heavy atom. The molecule has 2 aromatic rings. The minimum atomic E-state index is -1.30. The predicted molar refractivity (Wildman–Crippen MR) is 129 cm³/mol. The summed E-state index contributed by atoms with van der Waals surface area (Å²) in [7, 11) is 0. The van der Waals surface area contributed by atoms with Gasteiger partial charge in [0.1, 0.15) is 17.5 Å². The normalized spacial score (nSPS) is 30.9. The zero-order valence-electron chi connectivity index (χ0n) is 19.6. The zero-order valence-corrected chi connectivity index (χ0v) is 19.6. The molecular weight excluding hydrogens is 463 g/mol.